The Kier molecular flexibility index (Phi) is 8.17. The number of nitrogens with one attached hydrogen (secondary N) is 1. The molecule has 4 rings (SSSR count). The highest BCUT2D eigenvalue weighted by atomic mass is 32.2. The molecule has 3 fully saturated rings. The van der Waals surface area contributed by atoms with Crippen LogP contribution in [0, 0.1) is 11.8 Å². The molecule has 2 saturated heterocycles. The molecular weight excluding hydrogens is 534 g/mol. The van der Waals surface area contributed by atoms with Crippen molar-refractivity contribution in [2.45, 2.75) is 50.6 Å². The fourth-order valence-corrected chi connectivity index (χ4v) is 5.41. The van der Waals surface area contributed by atoms with Crippen LogP contribution in [0.2, 0.25) is 0 Å². The van der Waals surface area contributed by atoms with Crippen LogP contribution < -0.4 is 5.32 Å². The lowest BCUT2D eigenvalue weighted by Crippen LogP contribution is -2.36. The van der Waals surface area contributed by atoms with Gasteiger partial charge in [-0.1, -0.05) is 12.1 Å². The normalized spacial score (nSPS) is 22.7. The van der Waals surface area contributed by atoms with Gasteiger partial charge in [0.15, 0.2) is 0 Å². The molecule has 1 aromatic carbocycles. The summed E-state index contributed by atoms with van der Waals surface area (Å²) in [6, 6.07) is 1.20. The van der Waals surface area contributed by atoms with Crippen molar-refractivity contribution in [1.29, 1.82) is 0 Å². The molecule has 6 nitrogen and oxygen atoms in total. The second-order valence-corrected chi connectivity index (χ2v) is 11.0. The lowest BCUT2D eigenvalue weighted by molar-refractivity contribution is -0.143. The maximum absolute atomic E-state index is 13.5. The number of likely N-dealkylation sites (N-methyl/N-ethyl adjacent to an activating group) is 1. The Morgan fingerprint density at radius 2 is 1.79 bits per heavy atom. The Hall–Kier alpha value is -2.54. The van der Waals surface area contributed by atoms with Gasteiger partial charge in [0.25, 0.3) is 5.24 Å². The number of thioether (sulfide) groups is 1. The SMILES string of the molecule is CN(C)C(=O)[C@@H](N=C1NC(=O)SC1=CC1CCN(Cc2ccc(C(F)(F)F)cc2C(F)(F)F)CC1)C1CC1. The first-order chi connectivity index (χ1) is 17.7. The van der Waals surface area contributed by atoms with Crippen LogP contribution in [0.5, 0.6) is 0 Å². The third-order valence-electron chi connectivity index (χ3n) is 6.84. The van der Waals surface area contributed by atoms with Gasteiger partial charge in [0.2, 0.25) is 5.91 Å². The number of rotatable bonds is 6. The molecular formula is C25H28F6N4O2S. The maximum atomic E-state index is 13.5. The lowest BCUT2D eigenvalue weighted by Gasteiger charge is -2.31. The molecule has 13 heteroatoms. The summed E-state index contributed by atoms with van der Waals surface area (Å²) in [6.07, 6.45) is -4.86. The van der Waals surface area contributed by atoms with E-state index in [1.54, 1.807) is 19.0 Å². The van der Waals surface area contributed by atoms with E-state index in [1.165, 1.54) is 4.90 Å². The van der Waals surface area contributed by atoms with E-state index in [1.807, 2.05) is 6.08 Å². The Morgan fingerprint density at radius 3 is 2.34 bits per heavy atom. The molecule has 1 aromatic rings. The number of benzene rings is 1. The lowest BCUT2D eigenvalue weighted by atomic mass is 9.95. The number of amidine groups is 1. The molecule has 1 N–H and O–H groups in total. The van der Waals surface area contributed by atoms with E-state index in [4.69, 9.17) is 0 Å². The summed E-state index contributed by atoms with van der Waals surface area (Å²) in [6.45, 7) is 0.762. The molecule has 3 aliphatic rings. The first kappa shape index (κ1) is 28.5. The van der Waals surface area contributed by atoms with Gasteiger partial charge in [0, 0.05) is 20.6 Å². The van der Waals surface area contributed by atoms with Crippen molar-refractivity contribution in [3.05, 3.63) is 45.9 Å². The number of likely N-dealkylation sites (tertiary alicyclic amines) is 1. The fourth-order valence-electron chi connectivity index (χ4n) is 4.61. The molecule has 2 heterocycles. The number of hydrogen-bond acceptors (Lipinski definition) is 5. The quantitative estimate of drug-likeness (QED) is 0.463. The largest absolute Gasteiger partial charge is 0.416 e. The van der Waals surface area contributed by atoms with E-state index in [0.717, 1.165) is 30.7 Å². The number of amides is 2. The van der Waals surface area contributed by atoms with E-state index in [9.17, 15) is 35.9 Å². The number of hydrogen-bond donors (Lipinski definition) is 1. The van der Waals surface area contributed by atoms with Crippen molar-refractivity contribution in [2.24, 2.45) is 16.8 Å². The number of allylic oxidation sites excluding steroid dienone is 1. The number of nitrogens with zero attached hydrogens (tertiary/aromatic N) is 3. The molecule has 38 heavy (non-hydrogen) atoms. The zero-order valence-electron chi connectivity index (χ0n) is 20.8. The van der Waals surface area contributed by atoms with E-state index in [2.05, 4.69) is 10.3 Å². The maximum Gasteiger partial charge on any atom is 0.416 e. The Bertz CT molecular complexity index is 1140. The molecule has 0 aromatic heterocycles. The van der Waals surface area contributed by atoms with Crippen LogP contribution in [-0.2, 0) is 23.7 Å². The zero-order valence-corrected chi connectivity index (χ0v) is 21.6. The Balaban J connectivity index is 1.44. The molecule has 0 bridgehead atoms. The molecule has 0 spiro atoms. The summed E-state index contributed by atoms with van der Waals surface area (Å²) in [5.41, 5.74) is -2.80. The van der Waals surface area contributed by atoms with Gasteiger partial charge in [-0.3, -0.25) is 19.5 Å². The van der Waals surface area contributed by atoms with Crippen LogP contribution >= 0.6 is 11.8 Å². The molecule has 1 saturated carbocycles. The molecule has 0 radical (unpaired) electrons. The topological polar surface area (TPSA) is 65.0 Å². The van der Waals surface area contributed by atoms with Crippen molar-refractivity contribution >= 4 is 28.7 Å². The summed E-state index contributed by atoms with van der Waals surface area (Å²) in [4.78, 5) is 33.2. The molecule has 1 aliphatic carbocycles. The highest BCUT2D eigenvalue weighted by Gasteiger charge is 2.40. The monoisotopic (exact) mass is 562 g/mol. The summed E-state index contributed by atoms with van der Waals surface area (Å²) in [7, 11) is 3.32. The van der Waals surface area contributed by atoms with Crippen LogP contribution in [-0.4, -0.2) is 60.0 Å². The number of carbonyl (C=O) groups is 2. The minimum atomic E-state index is -4.90. The summed E-state index contributed by atoms with van der Waals surface area (Å²) in [5, 5.41) is 2.42. The smallest absolute Gasteiger partial charge is 0.347 e. The van der Waals surface area contributed by atoms with E-state index >= 15 is 0 Å². The third kappa shape index (κ3) is 6.90. The van der Waals surface area contributed by atoms with Crippen molar-refractivity contribution < 1.29 is 35.9 Å². The van der Waals surface area contributed by atoms with E-state index in [-0.39, 0.29) is 41.2 Å². The molecule has 2 aliphatic heterocycles. The molecule has 1 atom stereocenters. The van der Waals surface area contributed by atoms with E-state index in [0.29, 0.717) is 42.7 Å². The van der Waals surface area contributed by atoms with Crippen LogP contribution in [0.4, 0.5) is 31.1 Å². The second kappa shape index (κ2) is 10.9. The highest BCUT2D eigenvalue weighted by Crippen LogP contribution is 2.39. The average Bonchev–Trinajstić information content (AvgIpc) is 3.60. The van der Waals surface area contributed by atoms with Gasteiger partial charge in [0.05, 0.1) is 16.0 Å². The van der Waals surface area contributed by atoms with Gasteiger partial charge in [-0.2, -0.15) is 26.3 Å². The van der Waals surface area contributed by atoms with E-state index < -0.39 is 29.5 Å². The highest BCUT2D eigenvalue weighted by molar-refractivity contribution is 8.18. The van der Waals surface area contributed by atoms with Gasteiger partial charge in [-0.15, -0.1) is 0 Å². The van der Waals surface area contributed by atoms with Crippen LogP contribution in [0.15, 0.2) is 34.2 Å². The van der Waals surface area contributed by atoms with Crippen molar-refractivity contribution in [2.75, 3.05) is 27.2 Å². The summed E-state index contributed by atoms with van der Waals surface area (Å²) < 4.78 is 79.4. The number of alkyl halides is 6. The third-order valence-corrected chi connectivity index (χ3v) is 7.68. The van der Waals surface area contributed by atoms with Crippen LogP contribution in [0.25, 0.3) is 0 Å². The van der Waals surface area contributed by atoms with Gasteiger partial charge < -0.3 is 10.2 Å². The predicted molar refractivity (Wildman–Crippen MR) is 131 cm³/mol. The van der Waals surface area contributed by atoms with Crippen molar-refractivity contribution in [3.63, 3.8) is 0 Å². The van der Waals surface area contributed by atoms with Gasteiger partial charge >= 0.3 is 12.4 Å². The number of aliphatic imine (C=N–C) groups is 1. The van der Waals surface area contributed by atoms with Gasteiger partial charge in [-0.25, -0.2) is 0 Å². The van der Waals surface area contributed by atoms with Gasteiger partial charge in [-0.05, 0) is 80.1 Å². The molecule has 208 valence electrons. The van der Waals surface area contributed by atoms with Crippen molar-refractivity contribution in [1.82, 2.24) is 15.1 Å². The summed E-state index contributed by atoms with van der Waals surface area (Å²) >= 11 is 0.998. The second-order valence-electron chi connectivity index (χ2n) is 10.0. The van der Waals surface area contributed by atoms with Crippen LogP contribution in [0.3, 0.4) is 0 Å². The fraction of sp³-hybridized carbons (Fsp3) is 0.560. The standard InChI is InChI=1S/C25H28F6N4O2S/c1-34(2)22(36)20(15-3-4-15)32-21-19(38-23(37)33-21)11-14-7-9-35(10-8-14)13-16-5-6-17(24(26,27)28)12-18(16)25(29,30)31/h5-6,11-12,14-15,20H,3-4,7-10,13H2,1-2H3,(H,32,33,37)/t20-/m0/s1. The first-order valence-corrected chi connectivity index (χ1v) is 13.0. The predicted octanol–water partition coefficient (Wildman–Crippen LogP) is 5.54. The molecule has 2 amide bonds. The zero-order chi connectivity index (χ0) is 27.8. The minimum Gasteiger partial charge on any atom is -0.347 e. The average molecular weight is 563 g/mol. The summed E-state index contributed by atoms with van der Waals surface area (Å²) in [5.74, 6) is 0.427. The van der Waals surface area contributed by atoms with Gasteiger partial charge in [0.1, 0.15) is 11.9 Å². The number of carbonyl (C=O) groups excluding carboxylic acids is 2. The Morgan fingerprint density at radius 1 is 1.13 bits per heavy atom. The Labute approximate surface area is 220 Å². The number of piperidine rings is 1. The molecule has 0 unspecified atom stereocenters. The number of halogens is 6. The van der Waals surface area contributed by atoms with Crippen LogP contribution in [0.1, 0.15) is 42.4 Å². The van der Waals surface area contributed by atoms with Crippen molar-refractivity contribution in [3.8, 4) is 0 Å². The first-order valence-electron chi connectivity index (χ1n) is 12.2. The minimum absolute atomic E-state index is 0.0327.